The minimum absolute atomic E-state index is 0.0254. The summed E-state index contributed by atoms with van der Waals surface area (Å²) in [5.74, 6) is 2.79. The van der Waals surface area contributed by atoms with Crippen molar-refractivity contribution in [3.8, 4) is 12.3 Å². The van der Waals surface area contributed by atoms with E-state index < -0.39 is 0 Å². The zero-order valence-electron chi connectivity index (χ0n) is 11.8. The molecule has 5 heteroatoms. The van der Waals surface area contributed by atoms with Gasteiger partial charge in [-0.05, 0) is 19.8 Å². The Morgan fingerprint density at radius 2 is 2.50 bits per heavy atom. The van der Waals surface area contributed by atoms with Gasteiger partial charge in [0.15, 0.2) is 0 Å². The molecule has 1 aromatic rings. The van der Waals surface area contributed by atoms with E-state index in [9.17, 15) is 4.79 Å². The van der Waals surface area contributed by atoms with Crippen molar-refractivity contribution in [2.45, 2.75) is 38.6 Å². The first kappa shape index (κ1) is 15.0. The summed E-state index contributed by atoms with van der Waals surface area (Å²) in [6.07, 6.45) is 8.28. The fraction of sp³-hybridized carbons (Fsp3) is 0.600. The molecule has 0 aromatic carbocycles. The van der Waals surface area contributed by atoms with Gasteiger partial charge >= 0.3 is 0 Å². The number of hydrogen-bond donors (Lipinski definition) is 0. The quantitative estimate of drug-likeness (QED) is 0.619. The Morgan fingerprint density at radius 1 is 1.65 bits per heavy atom. The molecule has 1 fully saturated rings. The van der Waals surface area contributed by atoms with Crippen LogP contribution in [0.3, 0.4) is 0 Å². The summed E-state index contributed by atoms with van der Waals surface area (Å²) in [6, 6.07) is -0.0254. The Kier molecular flexibility index (Phi) is 5.57. The molecule has 108 valence electrons. The predicted octanol–water partition coefficient (Wildman–Crippen LogP) is 2.55. The van der Waals surface area contributed by atoms with Gasteiger partial charge in [-0.15, -0.1) is 23.7 Å². The van der Waals surface area contributed by atoms with Crippen LogP contribution in [0.25, 0.3) is 0 Å². The van der Waals surface area contributed by atoms with Crippen LogP contribution in [-0.4, -0.2) is 35.5 Å². The molecule has 0 unspecified atom stereocenters. The second kappa shape index (κ2) is 7.41. The molecule has 1 aliphatic heterocycles. The molecule has 1 atom stereocenters. The zero-order valence-corrected chi connectivity index (χ0v) is 12.6. The highest BCUT2D eigenvalue weighted by Crippen LogP contribution is 2.27. The first-order valence-corrected chi connectivity index (χ1v) is 7.83. The minimum Gasteiger partial charge on any atom is -0.377 e. The van der Waals surface area contributed by atoms with Gasteiger partial charge in [-0.2, -0.15) is 0 Å². The summed E-state index contributed by atoms with van der Waals surface area (Å²) < 4.78 is 5.52. The van der Waals surface area contributed by atoms with Gasteiger partial charge in [-0.25, -0.2) is 4.98 Å². The predicted molar refractivity (Wildman–Crippen MR) is 79.4 cm³/mol. The van der Waals surface area contributed by atoms with Crippen molar-refractivity contribution < 1.29 is 9.53 Å². The lowest BCUT2D eigenvalue weighted by Gasteiger charge is -2.34. The topological polar surface area (TPSA) is 42.4 Å². The molecule has 2 rings (SSSR count). The number of morpholine rings is 1. The molecular formula is C15H20N2O2S. The third kappa shape index (κ3) is 3.81. The van der Waals surface area contributed by atoms with E-state index in [0.717, 1.165) is 30.0 Å². The highest BCUT2D eigenvalue weighted by atomic mass is 32.1. The molecule has 0 spiro atoms. The van der Waals surface area contributed by atoms with Crippen LogP contribution in [0.1, 0.15) is 42.4 Å². The van der Waals surface area contributed by atoms with Gasteiger partial charge in [0.25, 0.3) is 0 Å². The second-order valence-corrected chi connectivity index (χ2v) is 5.81. The summed E-state index contributed by atoms with van der Waals surface area (Å²) in [5.41, 5.74) is 0.997. The lowest BCUT2D eigenvalue weighted by Crippen LogP contribution is -2.43. The number of aromatic nitrogens is 1. The number of thiazole rings is 1. The molecule has 2 heterocycles. The molecule has 1 aliphatic rings. The van der Waals surface area contributed by atoms with Crippen LogP contribution in [0.4, 0.5) is 0 Å². The van der Waals surface area contributed by atoms with E-state index in [2.05, 4.69) is 10.9 Å². The van der Waals surface area contributed by atoms with Crippen LogP contribution in [0.5, 0.6) is 0 Å². The number of amides is 1. The number of nitrogens with zero attached hydrogens (tertiary/aromatic N) is 2. The molecule has 0 N–H and O–H groups in total. The fourth-order valence-corrected chi connectivity index (χ4v) is 3.17. The highest BCUT2D eigenvalue weighted by Gasteiger charge is 2.30. The number of unbranched alkanes of at least 4 members (excludes halogenated alkanes) is 2. The maximum atomic E-state index is 12.3. The molecule has 4 nitrogen and oxygen atoms in total. The normalized spacial score (nSPS) is 18.8. The Bertz CT molecular complexity index is 492. The van der Waals surface area contributed by atoms with Gasteiger partial charge < -0.3 is 9.64 Å². The largest absolute Gasteiger partial charge is 0.377 e. The first-order chi connectivity index (χ1) is 9.72. The van der Waals surface area contributed by atoms with Crippen LogP contribution in [-0.2, 0) is 9.53 Å². The van der Waals surface area contributed by atoms with Crippen LogP contribution in [0, 0.1) is 19.3 Å². The van der Waals surface area contributed by atoms with Gasteiger partial charge in [0.05, 0.1) is 13.2 Å². The number of aryl methyl sites for hydroxylation is 1. The van der Waals surface area contributed by atoms with Crippen molar-refractivity contribution in [2.75, 3.05) is 19.8 Å². The Morgan fingerprint density at radius 3 is 3.20 bits per heavy atom. The number of rotatable bonds is 5. The fourth-order valence-electron chi connectivity index (χ4n) is 2.28. The standard InChI is InChI=1S/C15H20N2O2S/c1-3-4-5-6-7-14(18)17-8-9-19-10-13(17)15-16-12(2)11-20-15/h1,11,13H,4-10H2,2H3/t13-/m0/s1. The lowest BCUT2D eigenvalue weighted by atomic mass is 10.1. The molecule has 1 saturated heterocycles. The molecule has 1 aromatic heterocycles. The van der Waals surface area contributed by atoms with E-state index in [4.69, 9.17) is 11.2 Å². The number of ether oxygens (including phenoxy) is 1. The smallest absolute Gasteiger partial charge is 0.223 e. The van der Waals surface area contributed by atoms with Crippen molar-refractivity contribution in [3.63, 3.8) is 0 Å². The van der Waals surface area contributed by atoms with Crippen LogP contribution >= 0.6 is 11.3 Å². The Hall–Kier alpha value is -1.38. The first-order valence-electron chi connectivity index (χ1n) is 6.95. The summed E-state index contributed by atoms with van der Waals surface area (Å²) in [5, 5.41) is 2.98. The van der Waals surface area contributed by atoms with Gasteiger partial charge in [0, 0.05) is 30.5 Å². The van der Waals surface area contributed by atoms with Crippen molar-refractivity contribution in [1.29, 1.82) is 0 Å². The molecular weight excluding hydrogens is 272 g/mol. The lowest BCUT2D eigenvalue weighted by molar-refractivity contribution is -0.140. The molecule has 0 aliphatic carbocycles. The summed E-state index contributed by atoms with van der Waals surface area (Å²) in [7, 11) is 0. The van der Waals surface area contributed by atoms with E-state index in [1.807, 2.05) is 17.2 Å². The van der Waals surface area contributed by atoms with Gasteiger partial charge in [-0.3, -0.25) is 4.79 Å². The van der Waals surface area contributed by atoms with E-state index >= 15 is 0 Å². The monoisotopic (exact) mass is 292 g/mol. The van der Waals surface area contributed by atoms with E-state index in [0.29, 0.717) is 26.2 Å². The van der Waals surface area contributed by atoms with Gasteiger partial charge in [0.1, 0.15) is 11.0 Å². The molecule has 0 saturated carbocycles. The summed E-state index contributed by atoms with van der Waals surface area (Å²) in [6.45, 7) is 3.77. The second-order valence-electron chi connectivity index (χ2n) is 4.92. The molecule has 20 heavy (non-hydrogen) atoms. The minimum atomic E-state index is -0.0254. The average Bonchev–Trinajstić information content (AvgIpc) is 2.90. The Labute approximate surface area is 124 Å². The maximum Gasteiger partial charge on any atom is 0.223 e. The number of carbonyl (C=O) groups is 1. The van der Waals surface area contributed by atoms with Crippen LogP contribution in [0.2, 0.25) is 0 Å². The van der Waals surface area contributed by atoms with Crippen molar-refractivity contribution >= 4 is 17.2 Å². The van der Waals surface area contributed by atoms with Crippen molar-refractivity contribution in [1.82, 2.24) is 9.88 Å². The van der Waals surface area contributed by atoms with E-state index in [-0.39, 0.29) is 11.9 Å². The number of hydrogen-bond acceptors (Lipinski definition) is 4. The summed E-state index contributed by atoms with van der Waals surface area (Å²) in [4.78, 5) is 18.8. The van der Waals surface area contributed by atoms with E-state index in [1.165, 1.54) is 0 Å². The number of terminal acetylenes is 1. The zero-order chi connectivity index (χ0) is 14.4. The van der Waals surface area contributed by atoms with Crippen LogP contribution < -0.4 is 0 Å². The van der Waals surface area contributed by atoms with E-state index in [1.54, 1.807) is 11.3 Å². The van der Waals surface area contributed by atoms with Crippen molar-refractivity contribution in [3.05, 3.63) is 16.1 Å². The van der Waals surface area contributed by atoms with Crippen LogP contribution in [0.15, 0.2) is 5.38 Å². The SMILES string of the molecule is C#CCCCCC(=O)N1CCOC[C@H]1c1nc(C)cs1. The Balaban J connectivity index is 1.96. The third-order valence-electron chi connectivity index (χ3n) is 3.33. The molecule has 0 bridgehead atoms. The molecule has 1 amide bonds. The maximum absolute atomic E-state index is 12.3. The van der Waals surface area contributed by atoms with Crippen molar-refractivity contribution in [2.24, 2.45) is 0 Å². The van der Waals surface area contributed by atoms with Gasteiger partial charge in [0.2, 0.25) is 5.91 Å². The summed E-state index contributed by atoms with van der Waals surface area (Å²) >= 11 is 1.60. The third-order valence-corrected chi connectivity index (χ3v) is 4.40. The highest BCUT2D eigenvalue weighted by molar-refractivity contribution is 7.09. The number of carbonyl (C=O) groups excluding carboxylic acids is 1. The van der Waals surface area contributed by atoms with Gasteiger partial charge in [-0.1, -0.05) is 0 Å². The molecule has 0 radical (unpaired) electrons. The average molecular weight is 292 g/mol.